The minimum Gasteiger partial charge on any atom is -0.465 e. The van der Waals surface area contributed by atoms with Gasteiger partial charge in [-0.15, -0.1) is 0 Å². The van der Waals surface area contributed by atoms with Crippen LogP contribution in [0.2, 0.25) is 0 Å². The number of esters is 1. The lowest BCUT2D eigenvalue weighted by Crippen LogP contribution is -2.51. The van der Waals surface area contributed by atoms with Gasteiger partial charge in [0.05, 0.1) is 24.3 Å². The zero-order valence-electron chi connectivity index (χ0n) is 11.5. The van der Waals surface area contributed by atoms with Gasteiger partial charge in [-0.2, -0.15) is 5.26 Å². The van der Waals surface area contributed by atoms with Crippen molar-refractivity contribution in [2.24, 2.45) is 5.73 Å². The predicted molar refractivity (Wildman–Crippen MR) is 84.4 cm³/mol. The van der Waals surface area contributed by atoms with E-state index in [1.54, 1.807) is 19.1 Å². The van der Waals surface area contributed by atoms with E-state index in [2.05, 4.69) is 22.0 Å². The smallest absolute Gasteiger partial charge is 0.328 e. The van der Waals surface area contributed by atoms with Crippen molar-refractivity contribution in [3.8, 4) is 6.07 Å². The number of rotatable bonds is 3. The number of alkyl halides is 1. The van der Waals surface area contributed by atoms with Gasteiger partial charge in [0.1, 0.15) is 0 Å². The van der Waals surface area contributed by atoms with Crippen LogP contribution in [0.1, 0.15) is 12.5 Å². The first kappa shape index (κ1) is 15.5. The molecule has 21 heavy (non-hydrogen) atoms. The first-order valence-corrected chi connectivity index (χ1v) is 7.34. The van der Waals surface area contributed by atoms with Crippen LogP contribution in [0.4, 0.5) is 0 Å². The van der Waals surface area contributed by atoms with Crippen molar-refractivity contribution in [3.63, 3.8) is 0 Å². The molecule has 1 aliphatic carbocycles. The molecule has 108 valence electrons. The maximum absolute atomic E-state index is 12.1. The molecule has 1 aromatic rings. The van der Waals surface area contributed by atoms with E-state index < -0.39 is 16.3 Å². The molecule has 4 nitrogen and oxygen atoms in total. The summed E-state index contributed by atoms with van der Waals surface area (Å²) in [6.07, 6.45) is 3.39. The van der Waals surface area contributed by atoms with Gasteiger partial charge in [-0.25, -0.2) is 0 Å². The lowest BCUT2D eigenvalue weighted by Gasteiger charge is -2.32. The molecule has 2 unspecified atom stereocenters. The molecule has 0 radical (unpaired) electrons. The molecule has 0 bridgehead atoms. The number of allylic oxidation sites excluding steroid dienone is 2. The average Bonchev–Trinajstić information content (AvgIpc) is 2.51. The number of nitrogens with two attached hydrogens (primary N) is 1. The minimum absolute atomic E-state index is 0.254. The summed E-state index contributed by atoms with van der Waals surface area (Å²) < 4.78 is 3.84. The van der Waals surface area contributed by atoms with Gasteiger partial charge in [-0.05, 0) is 18.1 Å². The highest BCUT2D eigenvalue weighted by Gasteiger charge is 2.45. The van der Waals surface area contributed by atoms with Crippen molar-refractivity contribution in [1.82, 2.24) is 0 Å². The molecule has 1 aliphatic rings. The van der Waals surface area contributed by atoms with Crippen molar-refractivity contribution >= 4 is 27.5 Å². The van der Waals surface area contributed by atoms with Crippen LogP contribution in [-0.2, 0) is 9.53 Å². The Morgan fingerprint density at radius 1 is 1.48 bits per heavy atom. The van der Waals surface area contributed by atoms with Gasteiger partial charge in [0.15, 0.2) is 4.32 Å². The third-order valence-electron chi connectivity index (χ3n) is 3.34. The lowest BCUT2D eigenvalue weighted by atomic mass is 9.83. The summed E-state index contributed by atoms with van der Waals surface area (Å²) in [4.78, 5) is 12.1. The Morgan fingerprint density at radius 3 is 2.71 bits per heavy atom. The Bertz CT molecular complexity index is 646. The zero-order valence-corrected chi connectivity index (χ0v) is 13.1. The van der Waals surface area contributed by atoms with Gasteiger partial charge in [-0.1, -0.05) is 58.4 Å². The Kier molecular flexibility index (Phi) is 4.61. The maximum atomic E-state index is 12.1. The molecule has 2 N–H and O–H groups in total. The topological polar surface area (TPSA) is 76.1 Å². The summed E-state index contributed by atoms with van der Waals surface area (Å²) in [5.41, 5.74) is 8.12. The van der Waals surface area contributed by atoms with Gasteiger partial charge in [0, 0.05) is 0 Å². The Morgan fingerprint density at radius 2 is 2.14 bits per heavy atom. The van der Waals surface area contributed by atoms with Crippen LogP contribution in [0.25, 0.3) is 5.57 Å². The van der Waals surface area contributed by atoms with Crippen LogP contribution in [0.15, 0.2) is 48.1 Å². The number of carbonyl (C=O) groups is 1. The van der Waals surface area contributed by atoms with E-state index in [-0.39, 0.29) is 6.61 Å². The first-order chi connectivity index (χ1) is 10.0. The number of benzene rings is 1. The summed E-state index contributed by atoms with van der Waals surface area (Å²) in [7, 11) is 0. The SMILES string of the molecule is CCOC(=O)C1(Br)C=CC(c2ccccc2)=C(C#N)C1N. The number of ether oxygens (including phenoxy) is 1. The number of carbonyl (C=O) groups excluding carboxylic acids is 1. The van der Waals surface area contributed by atoms with Crippen LogP contribution in [0.3, 0.4) is 0 Å². The van der Waals surface area contributed by atoms with Crippen LogP contribution >= 0.6 is 15.9 Å². The Hall–Kier alpha value is -1.90. The van der Waals surface area contributed by atoms with E-state index in [9.17, 15) is 10.1 Å². The normalized spacial score (nSPS) is 24.6. The van der Waals surface area contributed by atoms with Gasteiger partial charge in [0.25, 0.3) is 0 Å². The fourth-order valence-electron chi connectivity index (χ4n) is 2.21. The molecule has 0 spiro atoms. The molecule has 2 rings (SSSR count). The molecule has 5 heteroatoms. The monoisotopic (exact) mass is 346 g/mol. The summed E-state index contributed by atoms with van der Waals surface area (Å²) >= 11 is 3.34. The Balaban J connectivity index is 2.46. The molecule has 2 atom stereocenters. The molecular formula is C16H15BrN2O2. The molecule has 0 saturated heterocycles. The largest absolute Gasteiger partial charge is 0.465 e. The molecule has 0 saturated carbocycles. The molecule has 0 aliphatic heterocycles. The summed E-state index contributed by atoms with van der Waals surface area (Å²) in [5.74, 6) is -0.492. The second-order valence-corrected chi connectivity index (χ2v) is 5.92. The van der Waals surface area contributed by atoms with Crippen LogP contribution in [0, 0.1) is 11.3 Å². The fraction of sp³-hybridized carbons (Fsp3) is 0.250. The van der Waals surface area contributed by atoms with E-state index in [4.69, 9.17) is 10.5 Å². The van der Waals surface area contributed by atoms with E-state index in [0.717, 1.165) is 11.1 Å². The van der Waals surface area contributed by atoms with Crippen LogP contribution < -0.4 is 5.73 Å². The second kappa shape index (κ2) is 6.25. The van der Waals surface area contributed by atoms with Crippen LogP contribution in [-0.4, -0.2) is 22.9 Å². The third-order valence-corrected chi connectivity index (χ3v) is 4.42. The highest BCUT2D eigenvalue weighted by atomic mass is 79.9. The number of hydrogen-bond donors (Lipinski definition) is 1. The average molecular weight is 347 g/mol. The highest BCUT2D eigenvalue weighted by Crippen LogP contribution is 2.37. The Labute approximate surface area is 132 Å². The second-order valence-electron chi connectivity index (χ2n) is 4.60. The van der Waals surface area contributed by atoms with Gasteiger partial charge >= 0.3 is 5.97 Å². The van der Waals surface area contributed by atoms with Crippen molar-refractivity contribution in [2.45, 2.75) is 17.3 Å². The molecular weight excluding hydrogens is 332 g/mol. The van der Waals surface area contributed by atoms with Gasteiger partial charge < -0.3 is 10.5 Å². The first-order valence-electron chi connectivity index (χ1n) is 6.55. The van der Waals surface area contributed by atoms with Crippen molar-refractivity contribution < 1.29 is 9.53 Å². The zero-order chi connectivity index (χ0) is 15.5. The van der Waals surface area contributed by atoms with Crippen molar-refractivity contribution in [3.05, 3.63) is 53.6 Å². The summed E-state index contributed by atoms with van der Waals surface area (Å²) in [5, 5.41) is 9.44. The highest BCUT2D eigenvalue weighted by molar-refractivity contribution is 9.10. The number of hydrogen-bond acceptors (Lipinski definition) is 4. The van der Waals surface area contributed by atoms with Crippen LogP contribution in [0.5, 0.6) is 0 Å². The van der Waals surface area contributed by atoms with E-state index in [1.165, 1.54) is 0 Å². The number of nitrogens with zero attached hydrogens (tertiary/aromatic N) is 1. The molecule has 0 heterocycles. The quantitative estimate of drug-likeness (QED) is 0.674. The van der Waals surface area contributed by atoms with E-state index in [1.807, 2.05) is 30.3 Å². The number of halogens is 1. The molecule has 0 fully saturated rings. The minimum atomic E-state index is -1.20. The summed E-state index contributed by atoms with van der Waals surface area (Å²) in [6.45, 7) is 1.98. The number of nitriles is 1. The lowest BCUT2D eigenvalue weighted by molar-refractivity contribution is -0.144. The third kappa shape index (κ3) is 2.78. The van der Waals surface area contributed by atoms with Gasteiger partial charge in [0.2, 0.25) is 0 Å². The maximum Gasteiger partial charge on any atom is 0.328 e. The summed E-state index contributed by atoms with van der Waals surface area (Å²) in [6, 6.07) is 10.8. The fourth-order valence-corrected chi connectivity index (χ4v) is 2.69. The van der Waals surface area contributed by atoms with Crippen molar-refractivity contribution in [1.29, 1.82) is 5.26 Å². The molecule has 1 aromatic carbocycles. The van der Waals surface area contributed by atoms with E-state index in [0.29, 0.717) is 5.57 Å². The van der Waals surface area contributed by atoms with Gasteiger partial charge in [-0.3, -0.25) is 4.79 Å². The van der Waals surface area contributed by atoms with E-state index >= 15 is 0 Å². The molecule has 0 aromatic heterocycles. The van der Waals surface area contributed by atoms with Crippen molar-refractivity contribution in [2.75, 3.05) is 6.61 Å². The standard InChI is InChI=1S/C16H15BrN2O2/c1-2-21-15(20)16(17)9-8-12(13(10-18)14(16)19)11-6-4-3-5-7-11/h3-9,14H,2,19H2,1H3. The predicted octanol–water partition coefficient (Wildman–Crippen LogP) is 2.56. The molecule has 0 amide bonds.